The average molecular weight is 345 g/mol. The van der Waals surface area contributed by atoms with Crippen LogP contribution in [0.2, 0.25) is 0 Å². The molecule has 0 aliphatic rings. The van der Waals surface area contributed by atoms with E-state index in [4.69, 9.17) is 5.73 Å². The molecule has 0 aliphatic carbocycles. The van der Waals surface area contributed by atoms with E-state index in [0.29, 0.717) is 8.95 Å². The summed E-state index contributed by atoms with van der Waals surface area (Å²) < 4.78 is 29.2. The van der Waals surface area contributed by atoms with Gasteiger partial charge in [0.1, 0.15) is 5.75 Å². The summed E-state index contributed by atoms with van der Waals surface area (Å²) in [4.78, 5) is 10.9. The highest BCUT2D eigenvalue weighted by atomic mass is 79.9. The summed E-state index contributed by atoms with van der Waals surface area (Å²) in [6.45, 7) is -3.00. The van der Waals surface area contributed by atoms with E-state index in [-0.39, 0.29) is 11.3 Å². The van der Waals surface area contributed by atoms with Gasteiger partial charge in [0.2, 0.25) is 0 Å². The van der Waals surface area contributed by atoms with Gasteiger partial charge in [-0.1, -0.05) is 0 Å². The SMILES string of the molecule is NC(=O)c1cc(Br)c(Br)cc1OC(F)F. The van der Waals surface area contributed by atoms with Crippen LogP contribution < -0.4 is 10.5 Å². The van der Waals surface area contributed by atoms with Crippen molar-refractivity contribution >= 4 is 37.8 Å². The minimum Gasteiger partial charge on any atom is -0.434 e. The van der Waals surface area contributed by atoms with Gasteiger partial charge in [-0.05, 0) is 44.0 Å². The maximum atomic E-state index is 12.0. The fourth-order valence-corrected chi connectivity index (χ4v) is 1.58. The zero-order chi connectivity index (χ0) is 11.6. The topological polar surface area (TPSA) is 52.3 Å². The normalized spacial score (nSPS) is 10.5. The van der Waals surface area contributed by atoms with Crippen LogP contribution in [0.3, 0.4) is 0 Å². The number of benzene rings is 1. The van der Waals surface area contributed by atoms with Crippen molar-refractivity contribution in [2.45, 2.75) is 6.61 Å². The second-order valence-corrected chi connectivity index (χ2v) is 4.21. The molecule has 3 nitrogen and oxygen atoms in total. The molecular weight excluding hydrogens is 340 g/mol. The van der Waals surface area contributed by atoms with Crippen molar-refractivity contribution in [1.29, 1.82) is 0 Å². The van der Waals surface area contributed by atoms with Crippen LogP contribution in [0.15, 0.2) is 21.1 Å². The fraction of sp³-hybridized carbons (Fsp3) is 0.125. The van der Waals surface area contributed by atoms with Gasteiger partial charge >= 0.3 is 6.61 Å². The Morgan fingerprint density at radius 3 is 2.33 bits per heavy atom. The van der Waals surface area contributed by atoms with Crippen molar-refractivity contribution in [2.24, 2.45) is 5.73 Å². The number of primary amides is 1. The van der Waals surface area contributed by atoms with Gasteiger partial charge in [-0.3, -0.25) is 4.79 Å². The lowest BCUT2D eigenvalue weighted by Gasteiger charge is -2.09. The molecular formula is C8H5Br2F2NO2. The Morgan fingerprint density at radius 1 is 1.33 bits per heavy atom. The van der Waals surface area contributed by atoms with Crippen molar-refractivity contribution < 1.29 is 18.3 Å². The van der Waals surface area contributed by atoms with Gasteiger partial charge in [-0.15, -0.1) is 0 Å². The van der Waals surface area contributed by atoms with E-state index < -0.39 is 12.5 Å². The Kier molecular flexibility index (Phi) is 4.04. The van der Waals surface area contributed by atoms with Crippen LogP contribution in [0.25, 0.3) is 0 Å². The third kappa shape index (κ3) is 3.13. The first-order chi connectivity index (χ1) is 6.91. The minimum absolute atomic E-state index is 0.106. The summed E-state index contributed by atoms with van der Waals surface area (Å²) in [5, 5.41) is 0. The summed E-state index contributed by atoms with van der Waals surface area (Å²) >= 11 is 6.21. The Hall–Kier alpha value is -0.690. The summed E-state index contributed by atoms with van der Waals surface area (Å²) in [7, 11) is 0. The molecule has 0 atom stereocenters. The van der Waals surface area contributed by atoms with Crippen molar-refractivity contribution in [2.75, 3.05) is 0 Å². The maximum absolute atomic E-state index is 12.0. The standard InChI is InChI=1S/C8H5Br2F2NO2/c9-4-1-3(7(13)14)6(2-5(4)10)15-8(11)12/h1-2,8H,(H2,13,14). The van der Waals surface area contributed by atoms with Crippen LogP contribution >= 0.6 is 31.9 Å². The Balaban J connectivity index is 3.22. The van der Waals surface area contributed by atoms with Crippen LogP contribution in [0.4, 0.5) is 8.78 Å². The number of rotatable bonds is 3. The largest absolute Gasteiger partial charge is 0.434 e. The van der Waals surface area contributed by atoms with Gasteiger partial charge in [0.05, 0.1) is 5.56 Å². The molecule has 1 aromatic carbocycles. The van der Waals surface area contributed by atoms with Crippen LogP contribution in [-0.2, 0) is 0 Å². The van der Waals surface area contributed by atoms with E-state index >= 15 is 0 Å². The molecule has 0 saturated heterocycles. The first kappa shape index (κ1) is 12.4. The zero-order valence-electron chi connectivity index (χ0n) is 7.14. The summed E-state index contributed by atoms with van der Waals surface area (Å²) in [6.07, 6.45) is 0. The Morgan fingerprint density at radius 2 is 1.87 bits per heavy atom. The number of halogens is 4. The lowest BCUT2D eigenvalue weighted by atomic mass is 10.2. The smallest absolute Gasteiger partial charge is 0.387 e. The van der Waals surface area contributed by atoms with Crippen LogP contribution in [0.1, 0.15) is 10.4 Å². The van der Waals surface area contributed by atoms with Gasteiger partial charge in [-0.2, -0.15) is 8.78 Å². The van der Waals surface area contributed by atoms with Gasteiger partial charge in [0.25, 0.3) is 5.91 Å². The summed E-state index contributed by atoms with van der Waals surface area (Å²) in [5.74, 6) is -1.09. The van der Waals surface area contributed by atoms with Crippen molar-refractivity contribution in [3.05, 3.63) is 26.6 Å². The Labute approximate surface area is 101 Å². The van der Waals surface area contributed by atoms with Crippen molar-refractivity contribution in [3.8, 4) is 5.75 Å². The quantitative estimate of drug-likeness (QED) is 0.916. The number of ether oxygens (including phenoxy) is 1. The summed E-state index contributed by atoms with van der Waals surface area (Å²) in [6, 6.07) is 2.56. The van der Waals surface area contributed by atoms with Crippen molar-refractivity contribution in [3.63, 3.8) is 0 Å². The molecule has 0 saturated carbocycles. The molecule has 0 fully saturated rings. The third-order valence-electron chi connectivity index (χ3n) is 1.50. The van der Waals surface area contributed by atoms with Crippen LogP contribution in [0, 0.1) is 0 Å². The lowest BCUT2D eigenvalue weighted by Crippen LogP contribution is -2.14. The van der Waals surface area contributed by atoms with Gasteiger partial charge in [0.15, 0.2) is 0 Å². The highest BCUT2D eigenvalue weighted by molar-refractivity contribution is 9.13. The highest BCUT2D eigenvalue weighted by Gasteiger charge is 2.15. The molecule has 1 rings (SSSR count). The highest BCUT2D eigenvalue weighted by Crippen LogP contribution is 2.31. The molecule has 2 N–H and O–H groups in total. The van der Waals surface area contributed by atoms with Gasteiger partial charge in [-0.25, -0.2) is 0 Å². The molecule has 1 amide bonds. The van der Waals surface area contributed by atoms with Gasteiger partial charge in [0, 0.05) is 8.95 Å². The second-order valence-electron chi connectivity index (χ2n) is 2.51. The number of carbonyl (C=O) groups excluding carboxylic acids is 1. The number of amides is 1. The van der Waals surface area contributed by atoms with Crippen LogP contribution in [-0.4, -0.2) is 12.5 Å². The van der Waals surface area contributed by atoms with E-state index in [1.165, 1.54) is 12.1 Å². The third-order valence-corrected chi connectivity index (χ3v) is 3.35. The number of nitrogens with two attached hydrogens (primary N) is 1. The number of alkyl halides is 2. The monoisotopic (exact) mass is 343 g/mol. The first-order valence-electron chi connectivity index (χ1n) is 3.65. The van der Waals surface area contributed by atoms with E-state index in [1.54, 1.807) is 0 Å². The van der Waals surface area contributed by atoms with E-state index in [0.717, 1.165) is 0 Å². The Bertz CT molecular complexity index is 398. The number of hydrogen-bond donors (Lipinski definition) is 1. The predicted octanol–water partition coefficient (Wildman–Crippen LogP) is 2.91. The number of hydrogen-bond acceptors (Lipinski definition) is 2. The second kappa shape index (κ2) is 4.89. The summed E-state index contributed by atoms with van der Waals surface area (Å²) in [5.41, 5.74) is 4.90. The minimum atomic E-state index is -3.00. The van der Waals surface area contributed by atoms with E-state index in [2.05, 4.69) is 36.6 Å². The molecule has 7 heteroatoms. The van der Waals surface area contributed by atoms with Gasteiger partial charge < -0.3 is 10.5 Å². The van der Waals surface area contributed by atoms with E-state index in [9.17, 15) is 13.6 Å². The molecule has 82 valence electrons. The molecule has 0 bridgehead atoms. The molecule has 0 heterocycles. The maximum Gasteiger partial charge on any atom is 0.387 e. The first-order valence-corrected chi connectivity index (χ1v) is 5.24. The zero-order valence-corrected chi connectivity index (χ0v) is 10.3. The molecule has 1 aromatic rings. The molecule has 0 aliphatic heterocycles. The predicted molar refractivity (Wildman–Crippen MR) is 57.0 cm³/mol. The fourth-order valence-electron chi connectivity index (χ4n) is 0.915. The van der Waals surface area contributed by atoms with E-state index in [1.807, 2.05) is 0 Å². The average Bonchev–Trinajstić information content (AvgIpc) is 2.09. The lowest BCUT2D eigenvalue weighted by molar-refractivity contribution is -0.0501. The molecule has 15 heavy (non-hydrogen) atoms. The van der Waals surface area contributed by atoms with Crippen molar-refractivity contribution in [1.82, 2.24) is 0 Å². The number of carbonyl (C=O) groups is 1. The molecule has 0 spiro atoms. The molecule has 0 aromatic heterocycles. The molecule has 0 unspecified atom stereocenters. The molecule has 0 radical (unpaired) electrons. The van der Waals surface area contributed by atoms with Crippen LogP contribution in [0.5, 0.6) is 5.75 Å².